The molecule has 0 saturated heterocycles. The number of fused-ring (bicyclic) bond motifs is 2. The summed E-state index contributed by atoms with van der Waals surface area (Å²) >= 11 is 1.45. The van der Waals surface area contributed by atoms with E-state index in [2.05, 4.69) is 26.4 Å². The number of aromatic nitrogens is 5. The third kappa shape index (κ3) is 3.71. The van der Waals surface area contributed by atoms with Crippen molar-refractivity contribution in [3.05, 3.63) is 90.3 Å². The highest BCUT2D eigenvalue weighted by Gasteiger charge is 2.19. The Morgan fingerprint density at radius 2 is 2.06 bits per heavy atom. The van der Waals surface area contributed by atoms with E-state index in [1.807, 2.05) is 43.3 Å². The average molecular weight is 467 g/mol. The molecule has 6 rings (SSSR count). The third-order valence-electron chi connectivity index (χ3n) is 5.46. The van der Waals surface area contributed by atoms with E-state index in [0.29, 0.717) is 34.0 Å². The minimum Gasteiger partial charge on any atom is -0.467 e. The summed E-state index contributed by atoms with van der Waals surface area (Å²) < 4.78 is 8.23. The van der Waals surface area contributed by atoms with E-state index < -0.39 is 0 Å². The molecular formula is C25H18N6O2S. The van der Waals surface area contributed by atoms with Crippen LogP contribution in [0.1, 0.15) is 21.7 Å². The van der Waals surface area contributed by atoms with Crippen LogP contribution >= 0.6 is 11.3 Å². The first-order valence-corrected chi connectivity index (χ1v) is 11.4. The van der Waals surface area contributed by atoms with Gasteiger partial charge in [-0.25, -0.2) is 14.6 Å². The molecule has 0 spiro atoms. The molecule has 0 bridgehead atoms. The van der Waals surface area contributed by atoms with Gasteiger partial charge in [-0.3, -0.25) is 15.1 Å². The molecule has 5 heterocycles. The van der Waals surface area contributed by atoms with Crippen LogP contribution in [0.2, 0.25) is 0 Å². The second kappa shape index (κ2) is 8.20. The number of benzene rings is 1. The molecule has 0 fully saturated rings. The maximum atomic E-state index is 13.4. The molecule has 6 aromatic rings. The Hall–Kier alpha value is -4.37. The Morgan fingerprint density at radius 3 is 2.88 bits per heavy atom. The standard InChI is InChI=1S/C25H18N6O2S/c1-15-6-7-20-22(10-15)34-25(29-20)30-24(32)18-11-21(16-4-2-8-26-12-16)28-23-19(18)13-27-31(23)14-17-5-3-9-33-17/h2-13H,14H2,1H3,(H,29,30,32). The molecule has 34 heavy (non-hydrogen) atoms. The van der Waals surface area contributed by atoms with Gasteiger partial charge in [-0.05, 0) is 55.0 Å². The second-order valence-electron chi connectivity index (χ2n) is 7.86. The number of rotatable bonds is 5. The summed E-state index contributed by atoms with van der Waals surface area (Å²) in [6.07, 6.45) is 6.70. The van der Waals surface area contributed by atoms with Gasteiger partial charge in [0.2, 0.25) is 0 Å². The molecular weight excluding hydrogens is 448 g/mol. The number of hydrogen-bond acceptors (Lipinski definition) is 7. The van der Waals surface area contributed by atoms with Crippen molar-refractivity contribution in [1.29, 1.82) is 0 Å². The fourth-order valence-electron chi connectivity index (χ4n) is 3.81. The minimum atomic E-state index is -0.272. The van der Waals surface area contributed by atoms with Gasteiger partial charge in [0.15, 0.2) is 10.8 Å². The first kappa shape index (κ1) is 20.3. The fraction of sp³-hybridized carbons (Fsp3) is 0.0800. The minimum absolute atomic E-state index is 0.272. The zero-order valence-corrected chi connectivity index (χ0v) is 18.9. The van der Waals surface area contributed by atoms with Gasteiger partial charge in [-0.15, -0.1) is 0 Å². The molecule has 1 aromatic carbocycles. The molecule has 1 amide bonds. The summed E-state index contributed by atoms with van der Waals surface area (Å²) in [6.45, 7) is 2.43. The Morgan fingerprint density at radius 1 is 1.12 bits per heavy atom. The number of furan rings is 1. The highest BCUT2D eigenvalue weighted by molar-refractivity contribution is 7.22. The van der Waals surface area contributed by atoms with Crippen LogP contribution < -0.4 is 5.32 Å². The van der Waals surface area contributed by atoms with E-state index in [9.17, 15) is 4.79 Å². The lowest BCUT2D eigenvalue weighted by Gasteiger charge is -2.08. The predicted molar refractivity (Wildman–Crippen MR) is 131 cm³/mol. The summed E-state index contributed by atoms with van der Waals surface area (Å²) in [7, 11) is 0. The number of hydrogen-bond donors (Lipinski definition) is 1. The molecule has 0 aliphatic carbocycles. The number of nitrogens with zero attached hydrogens (tertiary/aromatic N) is 5. The average Bonchev–Trinajstić information content (AvgIpc) is 3.59. The van der Waals surface area contributed by atoms with Crippen molar-refractivity contribution in [2.75, 3.05) is 5.32 Å². The number of aryl methyl sites for hydroxylation is 1. The normalized spacial score (nSPS) is 11.3. The van der Waals surface area contributed by atoms with Crippen molar-refractivity contribution in [2.45, 2.75) is 13.5 Å². The van der Waals surface area contributed by atoms with Crippen LogP contribution in [-0.4, -0.2) is 30.6 Å². The topological polar surface area (TPSA) is 98.7 Å². The summed E-state index contributed by atoms with van der Waals surface area (Å²) in [5.74, 6) is 0.472. The van der Waals surface area contributed by atoms with E-state index in [1.165, 1.54) is 11.3 Å². The monoisotopic (exact) mass is 466 g/mol. The first-order chi connectivity index (χ1) is 16.6. The number of amides is 1. The summed E-state index contributed by atoms with van der Waals surface area (Å²) in [6, 6.07) is 15.2. The van der Waals surface area contributed by atoms with Gasteiger partial charge in [-0.2, -0.15) is 5.10 Å². The number of carbonyl (C=O) groups excluding carboxylic acids is 1. The van der Waals surface area contributed by atoms with Crippen LogP contribution in [0.4, 0.5) is 5.13 Å². The van der Waals surface area contributed by atoms with E-state index in [4.69, 9.17) is 9.40 Å². The summed E-state index contributed by atoms with van der Waals surface area (Å²) in [4.78, 5) is 27.0. The van der Waals surface area contributed by atoms with Gasteiger partial charge in [-0.1, -0.05) is 17.4 Å². The van der Waals surface area contributed by atoms with Gasteiger partial charge < -0.3 is 4.42 Å². The van der Waals surface area contributed by atoms with E-state index >= 15 is 0 Å². The first-order valence-electron chi connectivity index (χ1n) is 10.6. The molecule has 0 aliphatic rings. The van der Waals surface area contributed by atoms with Gasteiger partial charge in [0.1, 0.15) is 12.3 Å². The largest absolute Gasteiger partial charge is 0.467 e. The quantitative estimate of drug-likeness (QED) is 0.370. The van der Waals surface area contributed by atoms with Crippen molar-refractivity contribution in [1.82, 2.24) is 24.7 Å². The van der Waals surface area contributed by atoms with Crippen molar-refractivity contribution in [3.8, 4) is 11.3 Å². The number of pyridine rings is 2. The van der Waals surface area contributed by atoms with Crippen LogP contribution in [-0.2, 0) is 6.54 Å². The van der Waals surface area contributed by atoms with E-state index in [0.717, 1.165) is 27.1 Å². The van der Waals surface area contributed by atoms with Crippen molar-refractivity contribution >= 4 is 43.6 Å². The van der Waals surface area contributed by atoms with E-state index in [-0.39, 0.29) is 5.91 Å². The van der Waals surface area contributed by atoms with Crippen LogP contribution in [0.15, 0.2) is 77.8 Å². The highest BCUT2D eigenvalue weighted by atomic mass is 32.1. The molecule has 0 unspecified atom stereocenters. The molecule has 0 atom stereocenters. The van der Waals surface area contributed by atoms with Crippen molar-refractivity contribution in [2.24, 2.45) is 0 Å². The molecule has 5 aromatic heterocycles. The lowest BCUT2D eigenvalue weighted by molar-refractivity contribution is 0.102. The lowest BCUT2D eigenvalue weighted by atomic mass is 10.1. The zero-order chi connectivity index (χ0) is 23.1. The Bertz CT molecular complexity index is 1640. The summed E-state index contributed by atoms with van der Waals surface area (Å²) in [5.41, 5.74) is 4.49. The second-order valence-corrected chi connectivity index (χ2v) is 8.89. The van der Waals surface area contributed by atoms with Gasteiger partial charge in [0, 0.05) is 18.0 Å². The van der Waals surface area contributed by atoms with E-state index in [1.54, 1.807) is 35.6 Å². The molecule has 0 saturated carbocycles. The summed E-state index contributed by atoms with van der Waals surface area (Å²) in [5, 5.41) is 8.64. The molecule has 0 radical (unpaired) electrons. The fourth-order valence-corrected chi connectivity index (χ4v) is 4.77. The molecule has 1 N–H and O–H groups in total. The Labute approximate surface area is 197 Å². The highest BCUT2D eigenvalue weighted by Crippen LogP contribution is 2.29. The van der Waals surface area contributed by atoms with Gasteiger partial charge in [0.05, 0.1) is 39.3 Å². The number of thiazole rings is 1. The lowest BCUT2D eigenvalue weighted by Crippen LogP contribution is -2.13. The number of nitrogens with one attached hydrogen (secondary N) is 1. The Balaban J connectivity index is 1.44. The van der Waals surface area contributed by atoms with Gasteiger partial charge >= 0.3 is 0 Å². The van der Waals surface area contributed by atoms with Crippen LogP contribution in [0.25, 0.3) is 32.5 Å². The number of anilines is 1. The maximum absolute atomic E-state index is 13.4. The molecule has 166 valence electrons. The van der Waals surface area contributed by atoms with Crippen LogP contribution in [0.5, 0.6) is 0 Å². The van der Waals surface area contributed by atoms with Crippen molar-refractivity contribution in [3.63, 3.8) is 0 Å². The predicted octanol–water partition coefficient (Wildman–Crippen LogP) is 5.31. The Kier molecular flexibility index (Phi) is 4.88. The molecule has 8 nitrogen and oxygen atoms in total. The van der Waals surface area contributed by atoms with Gasteiger partial charge in [0.25, 0.3) is 5.91 Å². The third-order valence-corrected chi connectivity index (χ3v) is 6.39. The molecule has 9 heteroatoms. The molecule has 0 aliphatic heterocycles. The number of carbonyl (C=O) groups is 1. The smallest absolute Gasteiger partial charge is 0.258 e. The SMILES string of the molecule is Cc1ccc2nc(NC(=O)c3cc(-c4cccnc4)nc4c3cnn4Cc3ccco3)sc2c1. The van der Waals surface area contributed by atoms with Crippen molar-refractivity contribution < 1.29 is 9.21 Å². The van der Waals surface area contributed by atoms with Crippen LogP contribution in [0.3, 0.4) is 0 Å². The maximum Gasteiger partial charge on any atom is 0.258 e. The van der Waals surface area contributed by atoms with Crippen LogP contribution in [0, 0.1) is 6.92 Å². The zero-order valence-electron chi connectivity index (χ0n) is 18.1.